The number of aliphatic carboxylic acids is 1. The maximum atomic E-state index is 13.6. The Hall–Kier alpha value is -3.93. The number of nitrogens with one attached hydrogen (secondary N) is 1. The van der Waals surface area contributed by atoms with Crippen molar-refractivity contribution in [3.8, 4) is 23.1 Å². The van der Waals surface area contributed by atoms with Crippen molar-refractivity contribution >= 4 is 17.0 Å². The number of aromatic nitrogens is 4. The Bertz CT molecular complexity index is 1290. The van der Waals surface area contributed by atoms with Gasteiger partial charge in [-0.3, -0.25) is 0 Å². The second-order valence-electron chi connectivity index (χ2n) is 7.72. The number of nitriles is 1. The predicted molar refractivity (Wildman–Crippen MR) is 112 cm³/mol. The van der Waals surface area contributed by atoms with Gasteiger partial charge in [-0.2, -0.15) is 31.6 Å². The smallest absolute Gasteiger partial charge is 0.490 e. The summed E-state index contributed by atoms with van der Waals surface area (Å²) in [7, 11) is 1.63. The second-order valence-corrected chi connectivity index (χ2v) is 7.72. The summed E-state index contributed by atoms with van der Waals surface area (Å²) in [6.07, 6.45) is -8.97. The average Bonchev–Trinajstić information content (AvgIpc) is 3.14. The Labute approximate surface area is 199 Å². The summed E-state index contributed by atoms with van der Waals surface area (Å²) in [5, 5.41) is 27.3. The Morgan fingerprint density at radius 1 is 1.25 bits per heavy atom. The van der Waals surface area contributed by atoms with E-state index < -0.39 is 23.9 Å². The standard InChI is InChI=1S/C19H17F3N6O.C2HF3O2/c1-28-16-7-14(25-15(8-23)18(16)26-27-28)12-2-3-17(13(6-12)19(20,21)22)29-5-4-11-9-24-10-11;3-2(4,5)1(6)7/h2-3,6-7,11,24H,4-5,9-10H2,1H3;(H,6,7). The van der Waals surface area contributed by atoms with E-state index in [-0.39, 0.29) is 29.3 Å². The van der Waals surface area contributed by atoms with Crippen LogP contribution in [0, 0.1) is 17.2 Å². The fourth-order valence-corrected chi connectivity index (χ4v) is 3.18. The first-order chi connectivity index (χ1) is 16.8. The van der Waals surface area contributed by atoms with Crippen molar-refractivity contribution in [1.82, 2.24) is 25.3 Å². The van der Waals surface area contributed by atoms with Crippen LogP contribution in [0.5, 0.6) is 5.75 Å². The number of hydrogen-bond acceptors (Lipinski definition) is 7. The molecule has 1 fully saturated rings. The largest absolute Gasteiger partial charge is 0.493 e. The number of hydrogen-bond donors (Lipinski definition) is 2. The molecular formula is C21H18F6N6O3. The van der Waals surface area contributed by atoms with Gasteiger partial charge in [0.1, 0.15) is 17.3 Å². The lowest BCUT2D eigenvalue weighted by Crippen LogP contribution is -2.42. The molecule has 3 aromatic rings. The molecule has 0 bridgehead atoms. The van der Waals surface area contributed by atoms with Crippen LogP contribution >= 0.6 is 0 Å². The van der Waals surface area contributed by atoms with Crippen LogP contribution in [-0.4, -0.2) is 56.9 Å². The molecule has 1 saturated heterocycles. The number of carbonyl (C=O) groups is 1. The molecular weight excluding hydrogens is 498 g/mol. The molecule has 36 heavy (non-hydrogen) atoms. The molecule has 4 rings (SSSR count). The molecule has 192 valence electrons. The fourth-order valence-electron chi connectivity index (χ4n) is 3.18. The van der Waals surface area contributed by atoms with Gasteiger partial charge in [0.25, 0.3) is 0 Å². The molecule has 2 N–H and O–H groups in total. The third-order valence-corrected chi connectivity index (χ3v) is 5.18. The van der Waals surface area contributed by atoms with Crippen molar-refractivity contribution in [1.29, 1.82) is 5.26 Å². The molecule has 0 spiro atoms. The van der Waals surface area contributed by atoms with Gasteiger partial charge in [0.2, 0.25) is 0 Å². The zero-order valence-corrected chi connectivity index (χ0v) is 18.5. The number of nitrogens with zero attached hydrogens (tertiary/aromatic N) is 5. The van der Waals surface area contributed by atoms with Crippen LogP contribution in [0.3, 0.4) is 0 Å². The third-order valence-electron chi connectivity index (χ3n) is 5.18. The molecule has 15 heteroatoms. The van der Waals surface area contributed by atoms with Gasteiger partial charge in [-0.05, 0) is 49.7 Å². The van der Waals surface area contributed by atoms with Crippen LogP contribution in [0.15, 0.2) is 24.3 Å². The molecule has 1 aromatic carbocycles. The highest BCUT2D eigenvalue weighted by molar-refractivity contribution is 5.83. The van der Waals surface area contributed by atoms with E-state index in [0.29, 0.717) is 23.4 Å². The third kappa shape index (κ3) is 6.19. The van der Waals surface area contributed by atoms with E-state index in [1.807, 2.05) is 6.07 Å². The molecule has 0 atom stereocenters. The number of benzene rings is 1. The SMILES string of the molecule is Cn1nnc2c(C#N)nc(-c3ccc(OCCC4CNC4)c(C(F)(F)F)c3)cc21.O=C(O)C(F)(F)F. The summed E-state index contributed by atoms with van der Waals surface area (Å²) in [5.74, 6) is -2.53. The number of alkyl halides is 6. The Morgan fingerprint density at radius 2 is 1.92 bits per heavy atom. The highest BCUT2D eigenvalue weighted by atomic mass is 19.4. The molecule has 0 saturated carbocycles. The van der Waals surface area contributed by atoms with E-state index in [1.54, 1.807) is 13.1 Å². The van der Waals surface area contributed by atoms with E-state index in [4.69, 9.17) is 14.6 Å². The zero-order valence-electron chi connectivity index (χ0n) is 18.5. The minimum atomic E-state index is -5.08. The second kappa shape index (κ2) is 10.4. The van der Waals surface area contributed by atoms with E-state index in [0.717, 1.165) is 19.2 Å². The van der Waals surface area contributed by atoms with Crippen LogP contribution < -0.4 is 10.1 Å². The number of aryl methyl sites for hydroxylation is 1. The van der Waals surface area contributed by atoms with Crippen LogP contribution in [0.1, 0.15) is 17.7 Å². The van der Waals surface area contributed by atoms with Gasteiger partial charge in [0, 0.05) is 12.6 Å². The minimum absolute atomic E-state index is 0.00796. The molecule has 0 radical (unpaired) electrons. The van der Waals surface area contributed by atoms with Gasteiger partial charge >= 0.3 is 18.3 Å². The van der Waals surface area contributed by atoms with Crippen molar-refractivity contribution in [2.24, 2.45) is 13.0 Å². The number of halogens is 6. The van der Waals surface area contributed by atoms with Crippen molar-refractivity contribution < 1.29 is 41.0 Å². The fraction of sp³-hybridized carbons (Fsp3) is 0.381. The summed E-state index contributed by atoms with van der Waals surface area (Å²) < 4.78 is 79.5. The molecule has 1 aliphatic rings. The number of carboxylic acid groups (broad SMARTS) is 1. The van der Waals surface area contributed by atoms with Crippen molar-refractivity contribution in [2.75, 3.05) is 19.7 Å². The Morgan fingerprint density at radius 3 is 2.44 bits per heavy atom. The van der Waals surface area contributed by atoms with Gasteiger partial charge in [-0.15, -0.1) is 5.10 Å². The summed E-state index contributed by atoms with van der Waals surface area (Å²) in [4.78, 5) is 13.1. The number of carboxylic acids is 1. The van der Waals surface area contributed by atoms with Crippen LogP contribution in [-0.2, 0) is 18.0 Å². The highest BCUT2D eigenvalue weighted by Crippen LogP contribution is 2.39. The molecule has 0 aliphatic carbocycles. The zero-order chi connectivity index (χ0) is 26.7. The Kier molecular flexibility index (Phi) is 7.68. The molecule has 3 heterocycles. The first kappa shape index (κ1) is 26.7. The molecule has 9 nitrogen and oxygen atoms in total. The van der Waals surface area contributed by atoms with Gasteiger partial charge in [-0.25, -0.2) is 14.5 Å². The topological polar surface area (TPSA) is 126 Å². The van der Waals surface area contributed by atoms with Crippen LogP contribution in [0.4, 0.5) is 26.3 Å². The van der Waals surface area contributed by atoms with Crippen molar-refractivity contribution in [3.05, 3.63) is 35.5 Å². The predicted octanol–water partition coefficient (Wildman–Crippen LogP) is 3.54. The van der Waals surface area contributed by atoms with Gasteiger partial charge in [0.15, 0.2) is 5.69 Å². The molecule has 1 aliphatic heterocycles. The average molecular weight is 516 g/mol. The lowest BCUT2D eigenvalue weighted by atomic mass is 10.0. The number of fused-ring (bicyclic) bond motifs is 1. The van der Waals surface area contributed by atoms with Crippen molar-refractivity contribution in [2.45, 2.75) is 18.8 Å². The lowest BCUT2D eigenvalue weighted by molar-refractivity contribution is -0.192. The van der Waals surface area contributed by atoms with Crippen LogP contribution in [0.25, 0.3) is 22.3 Å². The van der Waals surface area contributed by atoms with E-state index in [9.17, 15) is 31.6 Å². The Balaban J connectivity index is 0.000000454. The summed E-state index contributed by atoms with van der Waals surface area (Å²) in [6, 6.07) is 7.30. The number of rotatable bonds is 5. The molecule has 0 unspecified atom stereocenters. The monoisotopic (exact) mass is 516 g/mol. The molecule has 2 aromatic heterocycles. The first-order valence-electron chi connectivity index (χ1n) is 10.3. The van der Waals surface area contributed by atoms with Gasteiger partial charge in [0.05, 0.1) is 23.4 Å². The quantitative estimate of drug-likeness (QED) is 0.494. The maximum Gasteiger partial charge on any atom is 0.490 e. The minimum Gasteiger partial charge on any atom is -0.493 e. The van der Waals surface area contributed by atoms with Crippen LogP contribution in [0.2, 0.25) is 0 Å². The summed E-state index contributed by atoms with van der Waals surface area (Å²) >= 11 is 0. The lowest BCUT2D eigenvalue weighted by Gasteiger charge is -2.27. The first-order valence-corrected chi connectivity index (χ1v) is 10.3. The summed E-state index contributed by atoms with van der Waals surface area (Å²) in [6.45, 7) is 1.96. The normalized spacial score (nSPS) is 13.9. The highest BCUT2D eigenvalue weighted by Gasteiger charge is 2.38. The number of pyridine rings is 1. The van der Waals surface area contributed by atoms with Gasteiger partial charge < -0.3 is 15.2 Å². The maximum absolute atomic E-state index is 13.6. The molecule has 0 amide bonds. The van der Waals surface area contributed by atoms with Gasteiger partial charge in [-0.1, -0.05) is 5.21 Å². The number of ether oxygens (including phenoxy) is 1. The summed E-state index contributed by atoms with van der Waals surface area (Å²) in [5.41, 5.74) is 0.415. The van der Waals surface area contributed by atoms with Crippen molar-refractivity contribution in [3.63, 3.8) is 0 Å². The van der Waals surface area contributed by atoms with E-state index in [1.165, 1.54) is 16.8 Å². The van der Waals surface area contributed by atoms with E-state index >= 15 is 0 Å². The van der Waals surface area contributed by atoms with E-state index in [2.05, 4.69) is 20.6 Å².